The van der Waals surface area contributed by atoms with Crippen LogP contribution in [0.2, 0.25) is 0 Å². The molecular weight excluding hydrogens is 989 g/mol. The number of carbonyl (C=O) groups excluding carboxylic acids is 7. The zero-order valence-electron chi connectivity index (χ0n) is 41.5. The quantitative estimate of drug-likeness (QED) is 0.0527. The van der Waals surface area contributed by atoms with Crippen LogP contribution in [0.25, 0.3) is 11.1 Å². The molecule has 1 aromatic heterocycles. The first-order chi connectivity index (χ1) is 35.4. The van der Waals surface area contributed by atoms with Gasteiger partial charge in [0.25, 0.3) is 0 Å². The third-order valence-corrected chi connectivity index (χ3v) is 14.4. The molecule has 396 valence electrons. The summed E-state index contributed by atoms with van der Waals surface area (Å²) in [4.78, 5) is 116. The molecule has 0 unspecified atom stereocenters. The van der Waals surface area contributed by atoms with E-state index in [1.807, 2.05) is 18.2 Å². The predicted octanol–water partition coefficient (Wildman–Crippen LogP) is 1.49. The van der Waals surface area contributed by atoms with Gasteiger partial charge in [0, 0.05) is 43.2 Å². The largest absolute Gasteiger partial charge is 0.508 e. The molecule has 2 heterocycles. The molecule has 1 fully saturated rings. The normalized spacial score (nSPS) is 21.4. The summed E-state index contributed by atoms with van der Waals surface area (Å²) in [6, 6.07) is 15.2. The van der Waals surface area contributed by atoms with Crippen LogP contribution in [0, 0.1) is 5.92 Å². The number of carboxylic acid groups (broad SMARTS) is 1. The number of carbonyl (C=O) groups is 8. The van der Waals surface area contributed by atoms with E-state index in [-0.39, 0.29) is 49.5 Å². The number of carboxylic acids is 1. The molecular formula is C52H66N10O10S2. The summed E-state index contributed by atoms with van der Waals surface area (Å²) in [7, 11) is 2.06. The first-order valence-electron chi connectivity index (χ1n) is 24.3. The van der Waals surface area contributed by atoms with Crippen LogP contribution in [0.5, 0.6) is 5.75 Å². The van der Waals surface area contributed by atoms with Gasteiger partial charge in [0.2, 0.25) is 41.4 Å². The SMILES string of the molecule is CC(C)[C@H](NC(=O)[C@@H]1CSSC[C@H](NC(=O)[C@H](C)N)C(=O)N[C@@H](Cc2ccccc2)C(=O)N[C@@H](Cc2ccc(-c3cccnc3)cc2)C(=O)N[C@@H](CCCCN)C(=O)N[C@@H](Cc2ccc(O)cc2)C(=O)N1)C(=O)O. The molecule has 0 spiro atoms. The molecule has 8 atom stereocenters. The van der Waals surface area contributed by atoms with Crippen LogP contribution in [0.1, 0.15) is 56.7 Å². The second-order valence-electron chi connectivity index (χ2n) is 18.3. The van der Waals surface area contributed by atoms with Crippen molar-refractivity contribution in [3.63, 3.8) is 0 Å². The van der Waals surface area contributed by atoms with Crippen LogP contribution in [0.3, 0.4) is 0 Å². The fourth-order valence-corrected chi connectivity index (χ4v) is 10.1. The fraction of sp³-hybridized carbons (Fsp3) is 0.404. The van der Waals surface area contributed by atoms with Crippen LogP contribution < -0.4 is 48.7 Å². The maximum absolute atomic E-state index is 14.8. The number of unbranched alkanes of at least 4 members (excludes halogenated alkanes) is 1. The number of hydrogen-bond acceptors (Lipinski definition) is 14. The van der Waals surface area contributed by atoms with Gasteiger partial charge in [-0.15, -0.1) is 0 Å². The predicted molar refractivity (Wildman–Crippen MR) is 283 cm³/mol. The number of rotatable bonds is 17. The van der Waals surface area contributed by atoms with Crippen molar-refractivity contribution in [2.24, 2.45) is 17.4 Å². The first kappa shape index (κ1) is 57.9. The Hall–Kier alpha value is -7.01. The van der Waals surface area contributed by atoms with Crippen molar-refractivity contribution in [1.82, 2.24) is 42.2 Å². The lowest BCUT2D eigenvalue weighted by atomic mass is 9.99. The summed E-state index contributed by atoms with van der Waals surface area (Å²) in [5.74, 6) is -7.74. The standard InChI is InChI=1S/C52H66N10O10S2/c1-30(2)44(52(71)72)62-51(70)43-29-74-73-28-42(60-45(64)31(3)54)50(69)59-39(24-32-10-5-4-6-11-32)48(67)58-40(25-33-14-18-35(19-15-33)36-12-9-23-55-27-36)47(66)56-38(13-7-8-22-53)46(65)57-41(49(68)61-43)26-34-16-20-37(63)21-17-34/h4-6,9-12,14-21,23,27,30-31,38-44,63H,7-8,13,22,24-26,28-29,53-54H2,1-3H3,(H,56,66)(H,57,65)(H,58,67)(H,59,69)(H,60,64)(H,61,68)(H,62,70)(H,71,72)/t31-,38-,39-,40-,41-,42-,43-,44-/m0/s1. The van der Waals surface area contributed by atoms with Crippen molar-refractivity contribution < 1.29 is 48.6 Å². The number of nitrogens with one attached hydrogen (secondary N) is 7. The highest BCUT2D eigenvalue weighted by atomic mass is 33.1. The van der Waals surface area contributed by atoms with Gasteiger partial charge in [-0.3, -0.25) is 38.5 Å². The highest BCUT2D eigenvalue weighted by Crippen LogP contribution is 2.25. The van der Waals surface area contributed by atoms with Gasteiger partial charge in [-0.25, -0.2) is 4.79 Å². The number of hydrogen-bond donors (Lipinski definition) is 11. The third-order valence-electron chi connectivity index (χ3n) is 12.0. The van der Waals surface area contributed by atoms with Crippen molar-refractivity contribution in [3.05, 3.63) is 120 Å². The van der Waals surface area contributed by atoms with E-state index in [9.17, 15) is 48.6 Å². The molecule has 4 aromatic rings. The van der Waals surface area contributed by atoms with Crippen molar-refractivity contribution in [2.45, 2.75) is 108 Å². The van der Waals surface area contributed by atoms with E-state index in [1.54, 1.807) is 86.9 Å². The number of phenols is 1. The van der Waals surface area contributed by atoms with Gasteiger partial charge in [0.05, 0.1) is 6.04 Å². The third kappa shape index (κ3) is 18.2. The number of nitrogens with two attached hydrogens (primary N) is 2. The maximum atomic E-state index is 14.8. The molecule has 13 N–H and O–H groups in total. The van der Waals surface area contributed by atoms with Gasteiger partial charge in [0.1, 0.15) is 48.0 Å². The van der Waals surface area contributed by atoms with E-state index in [0.717, 1.165) is 32.7 Å². The molecule has 1 aliphatic heterocycles. The summed E-state index contributed by atoms with van der Waals surface area (Å²) in [5, 5.41) is 39.0. The number of nitrogens with zero attached hydrogens (tertiary/aromatic N) is 1. The van der Waals surface area contributed by atoms with Gasteiger partial charge in [0.15, 0.2) is 0 Å². The number of amides is 7. The topological polar surface area (TPSA) is 326 Å². The van der Waals surface area contributed by atoms with Crippen LogP contribution in [0.4, 0.5) is 0 Å². The lowest BCUT2D eigenvalue weighted by Gasteiger charge is -2.29. The second-order valence-corrected chi connectivity index (χ2v) is 20.8. The second kappa shape index (κ2) is 29.0. The molecule has 7 amide bonds. The lowest BCUT2D eigenvalue weighted by Crippen LogP contribution is -2.61. The zero-order chi connectivity index (χ0) is 53.7. The molecule has 3 aromatic carbocycles. The van der Waals surface area contributed by atoms with Crippen molar-refractivity contribution in [1.29, 1.82) is 0 Å². The highest BCUT2D eigenvalue weighted by Gasteiger charge is 2.36. The molecule has 0 bridgehead atoms. The smallest absolute Gasteiger partial charge is 0.326 e. The Kier molecular flexibility index (Phi) is 22.7. The Morgan fingerprint density at radius 2 is 1.19 bits per heavy atom. The summed E-state index contributed by atoms with van der Waals surface area (Å²) in [5.41, 5.74) is 15.2. The molecule has 20 nitrogen and oxygen atoms in total. The minimum Gasteiger partial charge on any atom is -0.508 e. The van der Waals surface area contributed by atoms with E-state index in [2.05, 4.69) is 42.2 Å². The lowest BCUT2D eigenvalue weighted by molar-refractivity contribution is -0.143. The van der Waals surface area contributed by atoms with Crippen LogP contribution >= 0.6 is 21.6 Å². The first-order valence-corrected chi connectivity index (χ1v) is 26.8. The van der Waals surface area contributed by atoms with Crippen molar-refractivity contribution in [2.75, 3.05) is 18.1 Å². The van der Waals surface area contributed by atoms with E-state index in [1.165, 1.54) is 19.1 Å². The molecule has 22 heteroatoms. The van der Waals surface area contributed by atoms with Gasteiger partial charge in [-0.05, 0) is 84.7 Å². The Morgan fingerprint density at radius 3 is 1.73 bits per heavy atom. The Bertz CT molecular complexity index is 2520. The summed E-state index contributed by atoms with van der Waals surface area (Å²) in [6.07, 6.45) is 3.96. The zero-order valence-corrected chi connectivity index (χ0v) is 43.1. The van der Waals surface area contributed by atoms with Gasteiger partial charge in [-0.2, -0.15) is 0 Å². The Labute approximate surface area is 437 Å². The Balaban J connectivity index is 1.60. The van der Waals surface area contributed by atoms with E-state index in [0.29, 0.717) is 29.5 Å². The number of pyridine rings is 1. The van der Waals surface area contributed by atoms with Crippen molar-refractivity contribution in [3.8, 4) is 16.9 Å². The maximum Gasteiger partial charge on any atom is 0.326 e. The monoisotopic (exact) mass is 1050 g/mol. The number of aromatic nitrogens is 1. The van der Waals surface area contributed by atoms with Crippen LogP contribution in [-0.4, -0.2) is 129 Å². The van der Waals surface area contributed by atoms with Gasteiger partial charge in [-0.1, -0.05) is 108 Å². The molecule has 5 rings (SSSR count). The van der Waals surface area contributed by atoms with Crippen LogP contribution in [-0.2, 0) is 57.6 Å². The average Bonchev–Trinajstić information content (AvgIpc) is 3.38. The van der Waals surface area contributed by atoms with E-state index in [4.69, 9.17) is 11.5 Å². The molecule has 1 saturated heterocycles. The molecule has 74 heavy (non-hydrogen) atoms. The average molecular weight is 1060 g/mol. The van der Waals surface area contributed by atoms with Gasteiger partial charge < -0.3 is 58.9 Å². The van der Waals surface area contributed by atoms with E-state index < -0.39 is 102 Å². The summed E-state index contributed by atoms with van der Waals surface area (Å²) in [6.45, 7) is 4.90. The Morgan fingerprint density at radius 1 is 0.662 bits per heavy atom. The van der Waals surface area contributed by atoms with Crippen LogP contribution in [0.15, 0.2) is 103 Å². The summed E-state index contributed by atoms with van der Waals surface area (Å²) < 4.78 is 0. The summed E-state index contributed by atoms with van der Waals surface area (Å²) >= 11 is 0. The molecule has 0 saturated carbocycles. The van der Waals surface area contributed by atoms with E-state index >= 15 is 0 Å². The fourth-order valence-electron chi connectivity index (χ4n) is 7.74. The number of aliphatic carboxylic acids is 1. The molecule has 0 aliphatic carbocycles. The highest BCUT2D eigenvalue weighted by molar-refractivity contribution is 8.76. The number of phenolic OH excluding ortho intramolecular Hbond substituents is 1. The number of benzene rings is 3. The van der Waals surface area contributed by atoms with Gasteiger partial charge >= 0.3 is 5.97 Å². The minimum atomic E-state index is -1.42. The number of aromatic hydroxyl groups is 1. The van der Waals surface area contributed by atoms with Crippen molar-refractivity contribution >= 4 is 68.9 Å². The molecule has 1 aliphatic rings. The minimum absolute atomic E-state index is 0.0425. The molecule has 0 radical (unpaired) electrons.